The summed E-state index contributed by atoms with van der Waals surface area (Å²) >= 11 is 0. The summed E-state index contributed by atoms with van der Waals surface area (Å²) in [4.78, 5) is 4.39. The van der Waals surface area contributed by atoms with E-state index < -0.39 is 18.4 Å². The Morgan fingerprint density at radius 3 is 2.41 bits per heavy atom. The second-order valence-electron chi connectivity index (χ2n) is 8.63. The van der Waals surface area contributed by atoms with Crippen LogP contribution in [0.1, 0.15) is 12.6 Å². The standard InChI is InChI=1S/C27H24N4O3/c28-27-22-14-30-31(25-12-23(33)24(15-32)34-25)26(22)21(13-29-27)18-10-8-17(9-11-18)20-7-3-5-16-4-1-2-6-19(16)20/h1-11,13-14,23-25,32-33H,12,15H2,(H2,28,29)/t23-,24+,25+/m0/s1. The Bertz CT molecular complexity index is 1490. The molecule has 1 saturated heterocycles. The summed E-state index contributed by atoms with van der Waals surface area (Å²) in [5.74, 6) is 0.384. The number of benzene rings is 3. The molecule has 2 aromatic heterocycles. The molecule has 1 aliphatic heterocycles. The Balaban J connectivity index is 1.43. The van der Waals surface area contributed by atoms with Crippen LogP contribution in [0.15, 0.2) is 79.1 Å². The fourth-order valence-corrected chi connectivity index (χ4v) is 4.85. The number of hydrogen-bond acceptors (Lipinski definition) is 6. The summed E-state index contributed by atoms with van der Waals surface area (Å²) in [7, 11) is 0. The van der Waals surface area contributed by atoms with Crippen LogP contribution in [-0.4, -0.2) is 43.8 Å². The zero-order chi connectivity index (χ0) is 23.2. The fourth-order valence-electron chi connectivity index (χ4n) is 4.85. The van der Waals surface area contributed by atoms with E-state index in [2.05, 4.69) is 70.7 Å². The minimum absolute atomic E-state index is 0.247. The molecular weight excluding hydrogens is 428 g/mol. The predicted molar refractivity (Wildman–Crippen MR) is 132 cm³/mol. The first kappa shape index (κ1) is 20.8. The first-order valence-electron chi connectivity index (χ1n) is 11.3. The van der Waals surface area contributed by atoms with Gasteiger partial charge in [-0.15, -0.1) is 0 Å². The normalized spacial score (nSPS) is 20.4. The van der Waals surface area contributed by atoms with Crippen LogP contribution < -0.4 is 5.73 Å². The third-order valence-electron chi connectivity index (χ3n) is 6.61. The summed E-state index contributed by atoms with van der Waals surface area (Å²) < 4.78 is 7.60. The molecule has 0 unspecified atom stereocenters. The summed E-state index contributed by atoms with van der Waals surface area (Å²) in [6.45, 7) is -0.247. The van der Waals surface area contributed by atoms with Crippen molar-refractivity contribution in [3.63, 3.8) is 0 Å². The number of nitrogens with two attached hydrogens (primary N) is 1. The first-order valence-corrected chi connectivity index (χ1v) is 11.3. The number of aliphatic hydroxyl groups is 2. The van der Waals surface area contributed by atoms with Crippen LogP contribution in [-0.2, 0) is 4.74 Å². The Hall–Kier alpha value is -3.78. The van der Waals surface area contributed by atoms with Crippen molar-refractivity contribution in [1.29, 1.82) is 0 Å². The summed E-state index contributed by atoms with van der Waals surface area (Å²) in [5, 5.41) is 27.4. The maximum Gasteiger partial charge on any atom is 0.154 e. The van der Waals surface area contributed by atoms with E-state index in [1.807, 2.05) is 6.07 Å². The van der Waals surface area contributed by atoms with E-state index in [1.165, 1.54) is 16.3 Å². The van der Waals surface area contributed by atoms with Crippen LogP contribution in [0, 0.1) is 0 Å². The van der Waals surface area contributed by atoms with Gasteiger partial charge in [0.25, 0.3) is 0 Å². The molecule has 4 N–H and O–H groups in total. The third kappa shape index (κ3) is 3.33. The van der Waals surface area contributed by atoms with Gasteiger partial charge in [0.15, 0.2) is 6.23 Å². The molecule has 5 aromatic rings. The lowest BCUT2D eigenvalue weighted by atomic mass is 9.96. The van der Waals surface area contributed by atoms with Gasteiger partial charge < -0.3 is 20.7 Å². The van der Waals surface area contributed by atoms with Gasteiger partial charge in [0, 0.05) is 18.2 Å². The van der Waals surface area contributed by atoms with Crippen LogP contribution in [0.2, 0.25) is 0 Å². The molecule has 0 bridgehead atoms. The lowest BCUT2D eigenvalue weighted by molar-refractivity contribution is -0.0468. The number of ether oxygens (including phenoxy) is 1. The maximum absolute atomic E-state index is 10.2. The van der Waals surface area contributed by atoms with Crippen LogP contribution in [0.4, 0.5) is 5.82 Å². The Labute approximate surface area is 196 Å². The molecule has 6 rings (SSSR count). The lowest BCUT2D eigenvalue weighted by Gasteiger charge is -2.16. The van der Waals surface area contributed by atoms with Gasteiger partial charge in [-0.3, -0.25) is 0 Å². The average molecular weight is 453 g/mol. The Kier molecular flexibility index (Phi) is 5.03. The van der Waals surface area contributed by atoms with E-state index in [-0.39, 0.29) is 6.61 Å². The minimum atomic E-state index is -0.753. The monoisotopic (exact) mass is 452 g/mol. The van der Waals surface area contributed by atoms with Crippen molar-refractivity contribution in [3.05, 3.63) is 79.1 Å². The van der Waals surface area contributed by atoms with Crippen molar-refractivity contribution in [2.24, 2.45) is 0 Å². The zero-order valence-electron chi connectivity index (χ0n) is 18.4. The lowest BCUT2D eigenvalue weighted by Crippen LogP contribution is -2.24. The molecule has 0 aliphatic carbocycles. The average Bonchev–Trinajstić information content (AvgIpc) is 3.48. The molecule has 0 radical (unpaired) electrons. The minimum Gasteiger partial charge on any atom is -0.394 e. The predicted octanol–water partition coefficient (Wildman–Crippen LogP) is 4.14. The molecule has 170 valence electrons. The summed E-state index contributed by atoms with van der Waals surface area (Å²) in [6, 6.07) is 23.1. The number of nitrogens with zero attached hydrogens (tertiary/aromatic N) is 3. The molecule has 7 heteroatoms. The molecule has 3 aromatic carbocycles. The van der Waals surface area contributed by atoms with Gasteiger partial charge in [0.1, 0.15) is 11.9 Å². The van der Waals surface area contributed by atoms with Crippen molar-refractivity contribution in [2.45, 2.75) is 24.9 Å². The highest BCUT2D eigenvalue weighted by atomic mass is 16.5. The second-order valence-corrected chi connectivity index (χ2v) is 8.63. The highest BCUT2D eigenvalue weighted by molar-refractivity contribution is 6.00. The van der Waals surface area contributed by atoms with Crippen molar-refractivity contribution < 1.29 is 14.9 Å². The molecule has 0 spiro atoms. The SMILES string of the molecule is Nc1ncc(-c2ccc(-c3cccc4ccccc34)cc2)c2c1cnn2[C@H]1C[C@H](O)[C@@H](CO)O1. The van der Waals surface area contributed by atoms with E-state index in [9.17, 15) is 10.2 Å². The molecule has 0 amide bonds. The number of aromatic nitrogens is 3. The van der Waals surface area contributed by atoms with Crippen LogP contribution in [0.25, 0.3) is 43.9 Å². The number of pyridine rings is 1. The first-order chi connectivity index (χ1) is 16.6. The highest BCUT2D eigenvalue weighted by Crippen LogP contribution is 2.37. The van der Waals surface area contributed by atoms with Crippen LogP contribution >= 0.6 is 0 Å². The number of nitrogen functional groups attached to an aromatic ring is 1. The van der Waals surface area contributed by atoms with Crippen molar-refractivity contribution >= 4 is 27.5 Å². The van der Waals surface area contributed by atoms with Gasteiger partial charge in [-0.2, -0.15) is 5.10 Å². The van der Waals surface area contributed by atoms with E-state index in [4.69, 9.17) is 10.5 Å². The molecule has 1 aliphatic rings. The van der Waals surface area contributed by atoms with Gasteiger partial charge in [-0.05, 0) is 27.5 Å². The van der Waals surface area contributed by atoms with Gasteiger partial charge in [0.2, 0.25) is 0 Å². The number of aliphatic hydroxyl groups excluding tert-OH is 2. The smallest absolute Gasteiger partial charge is 0.154 e. The maximum atomic E-state index is 10.2. The number of fused-ring (bicyclic) bond motifs is 2. The second kappa shape index (κ2) is 8.22. The topological polar surface area (TPSA) is 106 Å². The van der Waals surface area contributed by atoms with Gasteiger partial charge in [-0.25, -0.2) is 9.67 Å². The van der Waals surface area contributed by atoms with Crippen LogP contribution in [0.3, 0.4) is 0 Å². The summed E-state index contributed by atoms with van der Waals surface area (Å²) in [5.41, 5.74) is 11.1. The molecule has 0 saturated carbocycles. The third-order valence-corrected chi connectivity index (χ3v) is 6.61. The number of hydrogen-bond donors (Lipinski definition) is 3. The van der Waals surface area contributed by atoms with Gasteiger partial charge in [0.05, 0.1) is 29.8 Å². The van der Waals surface area contributed by atoms with E-state index in [0.29, 0.717) is 12.2 Å². The number of rotatable bonds is 4. The molecule has 3 heterocycles. The molecule has 3 atom stereocenters. The molecule has 34 heavy (non-hydrogen) atoms. The Morgan fingerprint density at radius 2 is 1.65 bits per heavy atom. The quantitative estimate of drug-likeness (QED) is 0.378. The van der Waals surface area contributed by atoms with Gasteiger partial charge >= 0.3 is 0 Å². The molecule has 1 fully saturated rings. The number of anilines is 1. The van der Waals surface area contributed by atoms with Crippen molar-refractivity contribution in [3.8, 4) is 22.3 Å². The van der Waals surface area contributed by atoms with Crippen molar-refractivity contribution in [2.75, 3.05) is 12.3 Å². The largest absolute Gasteiger partial charge is 0.394 e. The zero-order valence-corrected chi connectivity index (χ0v) is 18.4. The van der Waals surface area contributed by atoms with E-state index in [0.717, 1.165) is 27.6 Å². The highest BCUT2D eigenvalue weighted by Gasteiger charge is 2.36. The fraction of sp³-hybridized carbons (Fsp3) is 0.185. The van der Waals surface area contributed by atoms with Crippen molar-refractivity contribution in [1.82, 2.24) is 14.8 Å². The Morgan fingerprint density at radius 1 is 0.912 bits per heavy atom. The van der Waals surface area contributed by atoms with Gasteiger partial charge in [-0.1, -0.05) is 66.7 Å². The van der Waals surface area contributed by atoms with Crippen LogP contribution in [0.5, 0.6) is 0 Å². The van der Waals surface area contributed by atoms with E-state index in [1.54, 1.807) is 17.1 Å². The molecule has 7 nitrogen and oxygen atoms in total. The summed E-state index contributed by atoms with van der Waals surface area (Å²) in [6.07, 6.45) is 1.87. The van der Waals surface area contributed by atoms with E-state index >= 15 is 0 Å². The molecular formula is C27H24N4O3.